The van der Waals surface area contributed by atoms with Crippen LogP contribution < -0.4 is 10.6 Å². The van der Waals surface area contributed by atoms with Crippen molar-refractivity contribution in [1.29, 1.82) is 0 Å². The first-order valence-electron chi connectivity index (χ1n) is 7.00. The van der Waals surface area contributed by atoms with Crippen molar-refractivity contribution in [3.63, 3.8) is 0 Å². The summed E-state index contributed by atoms with van der Waals surface area (Å²) in [4.78, 5) is 13.3. The Balaban J connectivity index is 1.59. The van der Waals surface area contributed by atoms with Gasteiger partial charge in [-0.3, -0.25) is 4.90 Å². The molecule has 0 unspecified atom stereocenters. The first-order chi connectivity index (χ1) is 10.2. The lowest BCUT2D eigenvalue weighted by atomic mass is 10.1. The maximum atomic E-state index is 6.07. The molecule has 0 spiro atoms. The SMILES string of the molecule is Nc1cc(Br)ccc1CN1CCN(c2ncccn2)CC1. The highest BCUT2D eigenvalue weighted by atomic mass is 79.9. The minimum atomic E-state index is 0.820. The first kappa shape index (κ1) is 14.3. The Morgan fingerprint density at radius 1 is 1.10 bits per heavy atom. The Morgan fingerprint density at radius 2 is 1.81 bits per heavy atom. The summed E-state index contributed by atoms with van der Waals surface area (Å²) < 4.78 is 1.02. The summed E-state index contributed by atoms with van der Waals surface area (Å²) in [7, 11) is 0. The summed E-state index contributed by atoms with van der Waals surface area (Å²) in [5.74, 6) is 0.820. The quantitative estimate of drug-likeness (QED) is 0.862. The molecule has 2 aromatic rings. The molecular formula is C15H18BrN5. The molecule has 0 saturated carbocycles. The van der Waals surface area contributed by atoms with Crippen molar-refractivity contribution in [2.45, 2.75) is 6.54 Å². The molecule has 1 aliphatic rings. The Hall–Kier alpha value is -1.66. The molecule has 1 aromatic carbocycles. The third-order valence-corrected chi connectivity index (χ3v) is 4.20. The van der Waals surface area contributed by atoms with Gasteiger partial charge in [-0.25, -0.2) is 9.97 Å². The maximum absolute atomic E-state index is 6.07. The first-order valence-corrected chi connectivity index (χ1v) is 7.80. The number of nitrogens with two attached hydrogens (primary N) is 1. The van der Waals surface area contributed by atoms with Crippen LogP contribution in [0.1, 0.15) is 5.56 Å². The number of nitrogens with zero attached hydrogens (tertiary/aromatic N) is 4. The second-order valence-electron chi connectivity index (χ2n) is 5.16. The summed E-state index contributed by atoms with van der Waals surface area (Å²) in [5, 5.41) is 0. The molecule has 0 bridgehead atoms. The fraction of sp³-hybridized carbons (Fsp3) is 0.333. The van der Waals surface area contributed by atoms with Crippen molar-refractivity contribution in [3.05, 3.63) is 46.7 Å². The van der Waals surface area contributed by atoms with Crippen molar-refractivity contribution in [3.8, 4) is 0 Å². The van der Waals surface area contributed by atoms with Crippen LogP contribution in [0.25, 0.3) is 0 Å². The van der Waals surface area contributed by atoms with E-state index in [1.807, 2.05) is 18.2 Å². The van der Waals surface area contributed by atoms with Gasteiger partial charge in [-0.2, -0.15) is 0 Å². The van der Waals surface area contributed by atoms with Crippen molar-refractivity contribution in [2.24, 2.45) is 0 Å². The minimum absolute atomic E-state index is 0.820. The highest BCUT2D eigenvalue weighted by molar-refractivity contribution is 9.10. The van der Waals surface area contributed by atoms with Gasteiger partial charge in [0.25, 0.3) is 0 Å². The number of piperazine rings is 1. The van der Waals surface area contributed by atoms with E-state index in [4.69, 9.17) is 5.73 Å². The van der Waals surface area contributed by atoms with Gasteiger partial charge in [-0.1, -0.05) is 22.0 Å². The predicted octanol–water partition coefficient (Wildman–Crippen LogP) is 2.14. The molecule has 3 rings (SSSR count). The van der Waals surface area contributed by atoms with Crippen LogP contribution in [0.4, 0.5) is 11.6 Å². The van der Waals surface area contributed by atoms with Crippen LogP contribution in [-0.2, 0) is 6.54 Å². The van der Waals surface area contributed by atoms with E-state index < -0.39 is 0 Å². The lowest BCUT2D eigenvalue weighted by Gasteiger charge is -2.34. The summed E-state index contributed by atoms with van der Waals surface area (Å²) in [6.07, 6.45) is 3.58. The van der Waals surface area contributed by atoms with Crippen LogP contribution in [-0.4, -0.2) is 41.0 Å². The van der Waals surface area contributed by atoms with E-state index in [0.29, 0.717) is 0 Å². The number of aromatic nitrogens is 2. The highest BCUT2D eigenvalue weighted by Gasteiger charge is 2.19. The summed E-state index contributed by atoms with van der Waals surface area (Å²) in [6.45, 7) is 4.77. The molecule has 0 amide bonds. The van der Waals surface area contributed by atoms with E-state index >= 15 is 0 Å². The minimum Gasteiger partial charge on any atom is -0.398 e. The number of rotatable bonds is 3. The van der Waals surface area contributed by atoms with Gasteiger partial charge in [0.05, 0.1) is 0 Å². The number of halogens is 1. The van der Waals surface area contributed by atoms with E-state index in [2.05, 4.69) is 41.8 Å². The van der Waals surface area contributed by atoms with Crippen LogP contribution in [0, 0.1) is 0 Å². The molecule has 0 radical (unpaired) electrons. The molecule has 1 saturated heterocycles. The molecule has 5 nitrogen and oxygen atoms in total. The van der Waals surface area contributed by atoms with Gasteiger partial charge >= 0.3 is 0 Å². The highest BCUT2D eigenvalue weighted by Crippen LogP contribution is 2.21. The van der Waals surface area contributed by atoms with E-state index in [1.54, 1.807) is 12.4 Å². The fourth-order valence-electron chi connectivity index (χ4n) is 2.51. The monoisotopic (exact) mass is 347 g/mol. The van der Waals surface area contributed by atoms with Crippen LogP contribution in [0.15, 0.2) is 41.1 Å². The number of hydrogen-bond acceptors (Lipinski definition) is 5. The van der Waals surface area contributed by atoms with E-state index in [1.165, 1.54) is 5.56 Å². The van der Waals surface area contributed by atoms with Crippen LogP contribution in [0.5, 0.6) is 0 Å². The van der Waals surface area contributed by atoms with Gasteiger partial charge in [-0.15, -0.1) is 0 Å². The Morgan fingerprint density at radius 3 is 2.48 bits per heavy atom. The topological polar surface area (TPSA) is 58.3 Å². The lowest BCUT2D eigenvalue weighted by molar-refractivity contribution is 0.249. The second kappa shape index (κ2) is 6.41. The summed E-state index contributed by atoms with van der Waals surface area (Å²) >= 11 is 3.44. The average Bonchev–Trinajstić information content (AvgIpc) is 2.52. The van der Waals surface area contributed by atoms with Gasteiger partial charge in [0.1, 0.15) is 0 Å². The Kier molecular flexibility index (Phi) is 4.36. The molecular weight excluding hydrogens is 330 g/mol. The number of anilines is 2. The standard InChI is InChI=1S/C15H18BrN5/c16-13-3-2-12(14(17)10-13)11-20-6-8-21(9-7-20)15-18-4-1-5-19-15/h1-5,10H,6-9,11,17H2. The van der Waals surface area contributed by atoms with E-state index in [-0.39, 0.29) is 0 Å². The third kappa shape index (κ3) is 3.51. The number of nitrogen functional groups attached to an aromatic ring is 1. The normalized spacial score (nSPS) is 16.1. The maximum Gasteiger partial charge on any atom is 0.225 e. The summed E-state index contributed by atoms with van der Waals surface area (Å²) in [5.41, 5.74) is 8.10. The zero-order valence-electron chi connectivity index (χ0n) is 11.7. The number of benzene rings is 1. The molecule has 1 fully saturated rings. The van der Waals surface area contributed by atoms with Crippen molar-refractivity contribution < 1.29 is 0 Å². The Bertz CT molecular complexity index is 596. The molecule has 21 heavy (non-hydrogen) atoms. The van der Waals surface area contributed by atoms with Crippen LogP contribution in [0.3, 0.4) is 0 Å². The largest absolute Gasteiger partial charge is 0.398 e. The van der Waals surface area contributed by atoms with Gasteiger partial charge < -0.3 is 10.6 Å². The van der Waals surface area contributed by atoms with Crippen molar-refractivity contribution in [2.75, 3.05) is 36.8 Å². The summed E-state index contributed by atoms with van der Waals surface area (Å²) in [6, 6.07) is 7.94. The zero-order valence-corrected chi connectivity index (χ0v) is 13.3. The predicted molar refractivity (Wildman–Crippen MR) is 88.1 cm³/mol. The molecule has 0 atom stereocenters. The molecule has 2 heterocycles. The van der Waals surface area contributed by atoms with Gasteiger partial charge in [0, 0.05) is 55.3 Å². The molecule has 6 heteroatoms. The average molecular weight is 348 g/mol. The molecule has 110 valence electrons. The molecule has 1 aliphatic heterocycles. The lowest BCUT2D eigenvalue weighted by Crippen LogP contribution is -2.46. The third-order valence-electron chi connectivity index (χ3n) is 3.71. The smallest absolute Gasteiger partial charge is 0.225 e. The second-order valence-corrected chi connectivity index (χ2v) is 6.07. The van der Waals surface area contributed by atoms with E-state index in [9.17, 15) is 0 Å². The van der Waals surface area contributed by atoms with Gasteiger partial charge in [0.15, 0.2) is 0 Å². The molecule has 1 aromatic heterocycles. The van der Waals surface area contributed by atoms with Crippen molar-refractivity contribution >= 4 is 27.6 Å². The van der Waals surface area contributed by atoms with E-state index in [0.717, 1.165) is 48.8 Å². The zero-order chi connectivity index (χ0) is 14.7. The van der Waals surface area contributed by atoms with Crippen LogP contribution in [0.2, 0.25) is 0 Å². The molecule has 2 N–H and O–H groups in total. The Labute approximate surface area is 132 Å². The fourth-order valence-corrected chi connectivity index (χ4v) is 2.89. The molecule has 0 aliphatic carbocycles. The number of hydrogen-bond donors (Lipinski definition) is 1. The van der Waals surface area contributed by atoms with Gasteiger partial charge in [0.2, 0.25) is 5.95 Å². The van der Waals surface area contributed by atoms with Crippen molar-refractivity contribution in [1.82, 2.24) is 14.9 Å². The van der Waals surface area contributed by atoms with Gasteiger partial charge in [-0.05, 0) is 23.8 Å². The van der Waals surface area contributed by atoms with Crippen LogP contribution >= 0.6 is 15.9 Å².